The molecule has 0 amide bonds. The Morgan fingerprint density at radius 1 is 0.944 bits per heavy atom. The number of nitrogens with one attached hydrogen (secondary N) is 1. The van der Waals surface area contributed by atoms with Crippen LogP contribution in [0.3, 0.4) is 0 Å². The lowest BCUT2D eigenvalue weighted by atomic mass is 9.80. The maximum atomic E-state index is 3.53. The van der Waals surface area contributed by atoms with Crippen molar-refractivity contribution in [1.29, 1.82) is 0 Å². The van der Waals surface area contributed by atoms with Crippen LogP contribution in [0.5, 0.6) is 0 Å². The van der Waals surface area contributed by atoms with Gasteiger partial charge in [0.15, 0.2) is 0 Å². The fourth-order valence-corrected chi connectivity index (χ4v) is 5.44. The number of thioether (sulfide) groups is 1. The van der Waals surface area contributed by atoms with E-state index in [0.29, 0.717) is 0 Å². The molecule has 3 rings (SSSR count). The van der Waals surface area contributed by atoms with Crippen molar-refractivity contribution in [2.45, 2.75) is 80.8 Å². The smallest absolute Gasteiger partial charge is 0.0116 e. The van der Waals surface area contributed by atoms with Gasteiger partial charge in [0.25, 0.3) is 0 Å². The van der Waals surface area contributed by atoms with E-state index in [0.717, 1.165) is 29.4 Å². The third-order valence-electron chi connectivity index (χ3n) is 5.55. The van der Waals surface area contributed by atoms with Crippen LogP contribution in [0.2, 0.25) is 0 Å². The number of fused-ring (bicyclic) bond motifs is 2. The lowest BCUT2D eigenvalue weighted by Crippen LogP contribution is -2.58. The second-order valence-corrected chi connectivity index (χ2v) is 7.61. The molecule has 3 fully saturated rings. The van der Waals surface area contributed by atoms with Crippen molar-refractivity contribution in [3.8, 4) is 0 Å². The molecule has 4 unspecified atom stereocenters. The van der Waals surface area contributed by atoms with Gasteiger partial charge in [-0.15, -0.1) is 0 Å². The molecular formula is C15H28N2S. The van der Waals surface area contributed by atoms with Gasteiger partial charge in [0.1, 0.15) is 0 Å². The molecule has 0 spiro atoms. The van der Waals surface area contributed by atoms with E-state index >= 15 is 0 Å². The molecule has 0 radical (unpaired) electrons. The quantitative estimate of drug-likeness (QED) is 0.847. The van der Waals surface area contributed by atoms with Crippen LogP contribution >= 0.6 is 11.8 Å². The fourth-order valence-electron chi connectivity index (χ4n) is 4.65. The summed E-state index contributed by atoms with van der Waals surface area (Å²) in [6, 6.07) is 3.48. The maximum absolute atomic E-state index is 3.53. The van der Waals surface area contributed by atoms with Gasteiger partial charge in [-0.1, -0.05) is 6.42 Å². The van der Waals surface area contributed by atoms with Crippen LogP contribution in [-0.4, -0.2) is 47.6 Å². The zero-order chi connectivity index (χ0) is 12.5. The lowest BCUT2D eigenvalue weighted by molar-refractivity contribution is -0.00756. The molecule has 1 aliphatic carbocycles. The van der Waals surface area contributed by atoms with Crippen molar-refractivity contribution in [2.75, 3.05) is 13.3 Å². The molecule has 0 aromatic carbocycles. The van der Waals surface area contributed by atoms with Crippen LogP contribution in [0, 0.1) is 0 Å². The summed E-state index contributed by atoms with van der Waals surface area (Å²) >= 11 is 2.09. The lowest BCUT2D eigenvalue weighted by Gasteiger charge is -2.51. The average Bonchev–Trinajstić information content (AvgIpc) is 2.85. The van der Waals surface area contributed by atoms with E-state index in [9.17, 15) is 0 Å². The Kier molecular flexibility index (Phi) is 4.21. The van der Waals surface area contributed by atoms with E-state index in [-0.39, 0.29) is 0 Å². The SMILES string of the molecule is CNC1CC2CCCC(C1)N2C1CCC(SC)C1. The van der Waals surface area contributed by atoms with Gasteiger partial charge in [0.05, 0.1) is 0 Å². The summed E-state index contributed by atoms with van der Waals surface area (Å²) in [5, 5.41) is 4.48. The third kappa shape index (κ3) is 2.46. The van der Waals surface area contributed by atoms with E-state index in [4.69, 9.17) is 0 Å². The largest absolute Gasteiger partial charge is 0.317 e. The van der Waals surface area contributed by atoms with Crippen molar-refractivity contribution in [1.82, 2.24) is 10.2 Å². The standard InChI is InChI=1S/C15H28N2S/c1-16-11-8-12-4-3-5-13(9-11)17(12)14-6-7-15(10-14)18-2/h11-16H,3-10H2,1-2H3. The van der Waals surface area contributed by atoms with Gasteiger partial charge in [-0.2, -0.15) is 11.8 Å². The Balaban J connectivity index is 1.68. The summed E-state index contributed by atoms with van der Waals surface area (Å²) in [6.45, 7) is 0. The van der Waals surface area contributed by atoms with Gasteiger partial charge in [0.2, 0.25) is 0 Å². The molecule has 3 aliphatic rings. The molecule has 104 valence electrons. The molecule has 1 N–H and O–H groups in total. The van der Waals surface area contributed by atoms with E-state index < -0.39 is 0 Å². The first kappa shape index (κ1) is 13.3. The Labute approximate surface area is 116 Å². The summed E-state index contributed by atoms with van der Waals surface area (Å²) in [5.74, 6) is 0. The highest BCUT2D eigenvalue weighted by Gasteiger charge is 2.43. The van der Waals surface area contributed by atoms with Gasteiger partial charge in [-0.05, 0) is 58.2 Å². The summed E-state index contributed by atoms with van der Waals surface area (Å²) in [5.41, 5.74) is 0. The summed E-state index contributed by atoms with van der Waals surface area (Å²) in [6.07, 6.45) is 13.8. The van der Waals surface area contributed by atoms with Gasteiger partial charge in [-0.3, -0.25) is 4.90 Å². The monoisotopic (exact) mass is 268 g/mol. The number of piperidine rings is 2. The molecule has 3 heteroatoms. The second kappa shape index (κ2) is 5.72. The minimum Gasteiger partial charge on any atom is -0.317 e. The van der Waals surface area contributed by atoms with Crippen molar-refractivity contribution in [3.63, 3.8) is 0 Å². The minimum atomic E-state index is 0.786. The molecule has 0 aromatic rings. The van der Waals surface area contributed by atoms with Gasteiger partial charge >= 0.3 is 0 Å². The summed E-state index contributed by atoms with van der Waals surface area (Å²) in [4.78, 5) is 2.97. The van der Waals surface area contributed by atoms with Gasteiger partial charge in [0, 0.05) is 29.4 Å². The molecule has 2 aliphatic heterocycles. The van der Waals surface area contributed by atoms with Crippen molar-refractivity contribution < 1.29 is 0 Å². The van der Waals surface area contributed by atoms with Crippen molar-refractivity contribution >= 4 is 11.8 Å². The number of hydrogen-bond acceptors (Lipinski definition) is 3. The Bertz CT molecular complexity index is 267. The predicted octanol–water partition coefficient (Wildman–Crippen LogP) is 2.88. The molecule has 2 heterocycles. The van der Waals surface area contributed by atoms with E-state index in [1.807, 2.05) is 0 Å². The Morgan fingerprint density at radius 3 is 2.17 bits per heavy atom. The van der Waals surface area contributed by atoms with Gasteiger partial charge in [-0.25, -0.2) is 0 Å². The normalized spacial score (nSPS) is 45.3. The van der Waals surface area contributed by atoms with Crippen LogP contribution in [0.4, 0.5) is 0 Å². The van der Waals surface area contributed by atoms with E-state index in [2.05, 4.69) is 35.3 Å². The van der Waals surface area contributed by atoms with Crippen molar-refractivity contribution in [2.24, 2.45) is 0 Å². The van der Waals surface area contributed by atoms with E-state index in [1.54, 1.807) is 0 Å². The molecular weight excluding hydrogens is 240 g/mol. The Morgan fingerprint density at radius 2 is 1.61 bits per heavy atom. The fraction of sp³-hybridized carbons (Fsp3) is 1.00. The first-order valence-electron chi connectivity index (χ1n) is 7.79. The first-order chi connectivity index (χ1) is 8.81. The maximum Gasteiger partial charge on any atom is 0.0116 e. The molecule has 2 bridgehead atoms. The van der Waals surface area contributed by atoms with Crippen LogP contribution in [0.1, 0.15) is 51.4 Å². The number of rotatable bonds is 3. The highest BCUT2D eigenvalue weighted by Crippen LogP contribution is 2.41. The number of nitrogens with zero attached hydrogens (tertiary/aromatic N) is 1. The van der Waals surface area contributed by atoms with Crippen LogP contribution in [-0.2, 0) is 0 Å². The topological polar surface area (TPSA) is 15.3 Å². The van der Waals surface area contributed by atoms with Crippen LogP contribution < -0.4 is 5.32 Å². The highest BCUT2D eigenvalue weighted by molar-refractivity contribution is 7.99. The van der Waals surface area contributed by atoms with Crippen molar-refractivity contribution in [3.05, 3.63) is 0 Å². The summed E-state index contributed by atoms with van der Waals surface area (Å²) in [7, 11) is 2.15. The molecule has 18 heavy (non-hydrogen) atoms. The molecule has 1 saturated carbocycles. The first-order valence-corrected chi connectivity index (χ1v) is 9.08. The third-order valence-corrected chi connectivity index (χ3v) is 6.65. The van der Waals surface area contributed by atoms with Gasteiger partial charge < -0.3 is 5.32 Å². The molecule has 0 aromatic heterocycles. The zero-order valence-corrected chi connectivity index (χ0v) is 12.7. The van der Waals surface area contributed by atoms with Crippen LogP contribution in [0.25, 0.3) is 0 Å². The predicted molar refractivity (Wildman–Crippen MR) is 80.3 cm³/mol. The second-order valence-electron chi connectivity index (χ2n) is 6.47. The zero-order valence-electron chi connectivity index (χ0n) is 11.9. The highest BCUT2D eigenvalue weighted by atomic mass is 32.2. The molecule has 4 atom stereocenters. The molecule has 2 nitrogen and oxygen atoms in total. The average molecular weight is 268 g/mol. The minimum absolute atomic E-state index is 0.786. The summed E-state index contributed by atoms with van der Waals surface area (Å²) < 4.78 is 0. The number of hydrogen-bond donors (Lipinski definition) is 1. The van der Waals surface area contributed by atoms with E-state index in [1.165, 1.54) is 51.4 Å². The molecule has 2 saturated heterocycles. The Hall–Kier alpha value is 0.270. The van der Waals surface area contributed by atoms with Crippen LogP contribution in [0.15, 0.2) is 0 Å².